The molecule has 0 aliphatic heterocycles. The molecule has 0 bridgehead atoms. The Morgan fingerprint density at radius 2 is 1.89 bits per heavy atom. The first-order chi connectivity index (χ1) is 8.83. The van der Waals surface area contributed by atoms with E-state index in [1.54, 1.807) is 6.08 Å². The maximum absolute atomic E-state index is 7.40. The molecule has 18 heavy (non-hydrogen) atoms. The second-order valence-corrected chi connectivity index (χ2v) is 4.03. The van der Waals surface area contributed by atoms with Crippen LogP contribution in [0.2, 0.25) is 0 Å². The van der Waals surface area contributed by atoms with Gasteiger partial charge in [-0.2, -0.15) is 0 Å². The van der Waals surface area contributed by atoms with Gasteiger partial charge in [-0.05, 0) is 17.2 Å². The summed E-state index contributed by atoms with van der Waals surface area (Å²) >= 11 is 0. The van der Waals surface area contributed by atoms with Crippen LogP contribution in [0, 0.1) is 5.41 Å². The quantitative estimate of drug-likeness (QED) is 0.758. The van der Waals surface area contributed by atoms with Gasteiger partial charge in [-0.3, -0.25) is 0 Å². The fourth-order valence-electron chi connectivity index (χ4n) is 1.77. The molecule has 0 aromatic heterocycles. The van der Waals surface area contributed by atoms with Gasteiger partial charge >= 0.3 is 0 Å². The molecule has 2 aromatic rings. The van der Waals surface area contributed by atoms with E-state index in [2.05, 4.69) is 24.0 Å². The third-order valence-electron chi connectivity index (χ3n) is 2.79. The Morgan fingerprint density at radius 3 is 2.56 bits per heavy atom. The summed E-state index contributed by atoms with van der Waals surface area (Å²) < 4.78 is 0. The molecule has 0 heterocycles. The standard InChI is InChI=1S/C16H16N2/c1-2-13-8-9-15(11-17)16(10-13)18-12-14-6-4-3-5-7-14/h2-11,17-18H,1,12H2. The molecule has 90 valence electrons. The highest BCUT2D eigenvalue weighted by Crippen LogP contribution is 2.18. The number of nitrogens with one attached hydrogen (secondary N) is 2. The van der Waals surface area contributed by atoms with Crippen molar-refractivity contribution in [2.45, 2.75) is 6.54 Å². The van der Waals surface area contributed by atoms with Gasteiger partial charge in [0, 0.05) is 24.0 Å². The van der Waals surface area contributed by atoms with Gasteiger partial charge in [-0.25, -0.2) is 0 Å². The number of benzene rings is 2. The molecule has 0 aliphatic rings. The highest BCUT2D eigenvalue weighted by molar-refractivity contribution is 5.86. The zero-order valence-corrected chi connectivity index (χ0v) is 10.2. The molecule has 0 saturated heterocycles. The highest BCUT2D eigenvalue weighted by Gasteiger charge is 2.00. The number of anilines is 1. The van der Waals surface area contributed by atoms with E-state index < -0.39 is 0 Å². The summed E-state index contributed by atoms with van der Waals surface area (Å²) in [5, 5.41) is 10.8. The van der Waals surface area contributed by atoms with E-state index in [4.69, 9.17) is 5.41 Å². The third kappa shape index (κ3) is 2.86. The lowest BCUT2D eigenvalue weighted by molar-refractivity contribution is 1.15. The lowest BCUT2D eigenvalue weighted by Crippen LogP contribution is -2.02. The Balaban J connectivity index is 2.17. The van der Waals surface area contributed by atoms with Crippen LogP contribution in [-0.4, -0.2) is 6.21 Å². The van der Waals surface area contributed by atoms with Crippen molar-refractivity contribution in [2.24, 2.45) is 0 Å². The van der Waals surface area contributed by atoms with Crippen molar-refractivity contribution in [3.8, 4) is 0 Å². The first-order valence-electron chi connectivity index (χ1n) is 5.88. The van der Waals surface area contributed by atoms with Crippen molar-refractivity contribution in [2.75, 3.05) is 5.32 Å². The Hall–Kier alpha value is -2.35. The summed E-state index contributed by atoms with van der Waals surface area (Å²) in [6.45, 7) is 4.51. The second-order valence-electron chi connectivity index (χ2n) is 4.03. The highest BCUT2D eigenvalue weighted by atomic mass is 14.9. The van der Waals surface area contributed by atoms with Crippen LogP contribution in [0.5, 0.6) is 0 Å². The molecule has 0 radical (unpaired) electrons. The maximum Gasteiger partial charge on any atom is 0.0437 e. The SMILES string of the molecule is C=Cc1ccc(C=N)c(NCc2ccccc2)c1. The number of hydrogen-bond acceptors (Lipinski definition) is 2. The summed E-state index contributed by atoms with van der Waals surface area (Å²) in [5.41, 5.74) is 4.12. The molecular formula is C16H16N2. The van der Waals surface area contributed by atoms with Crippen molar-refractivity contribution in [1.29, 1.82) is 5.41 Å². The average molecular weight is 236 g/mol. The van der Waals surface area contributed by atoms with Gasteiger partial charge in [0.15, 0.2) is 0 Å². The Morgan fingerprint density at radius 1 is 1.11 bits per heavy atom. The molecule has 2 aromatic carbocycles. The molecular weight excluding hydrogens is 220 g/mol. The molecule has 0 atom stereocenters. The van der Waals surface area contributed by atoms with E-state index in [0.29, 0.717) is 0 Å². The van der Waals surface area contributed by atoms with E-state index in [1.807, 2.05) is 36.4 Å². The molecule has 2 N–H and O–H groups in total. The summed E-state index contributed by atoms with van der Waals surface area (Å²) in [5.74, 6) is 0. The monoisotopic (exact) mass is 236 g/mol. The smallest absolute Gasteiger partial charge is 0.0437 e. The Bertz CT molecular complexity index is 544. The van der Waals surface area contributed by atoms with Crippen LogP contribution >= 0.6 is 0 Å². The largest absolute Gasteiger partial charge is 0.380 e. The fourth-order valence-corrected chi connectivity index (χ4v) is 1.77. The molecule has 0 spiro atoms. The van der Waals surface area contributed by atoms with Crippen molar-refractivity contribution in [3.63, 3.8) is 0 Å². The van der Waals surface area contributed by atoms with E-state index in [1.165, 1.54) is 11.8 Å². The Labute approximate surface area is 107 Å². The van der Waals surface area contributed by atoms with Crippen LogP contribution in [0.25, 0.3) is 6.08 Å². The van der Waals surface area contributed by atoms with Gasteiger partial charge in [0.2, 0.25) is 0 Å². The summed E-state index contributed by atoms with van der Waals surface area (Å²) in [6.07, 6.45) is 3.17. The first-order valence-corrected chi connectivity index (χ1v) is 5.88. The molecule has 2 nitrogen and oxygen atoms in total. The molecule has 2 heteroatoms. The minimum absolute atomic E-state index is 0.752. The Kier molecular flexibility index (Phi) is 3.92. The minimum atomic E-state index is 0.752. The molecule has 0 fully saturated rings. The number of rotatable bonds is 5. The minimum Gasteiger partial charge on any atom is -0.380 e. The average Bonchev–Trinajstić information content (AvgIpc) is 2.45. The van der Waals surface area contributed by atoms with Gasteiger partial charge in [0.05, 0.1) is 0 Å². The number of hydrogen-bond donors (Lipinski definition) is 2. The van der Waals surface area contributed by atoms with Crippen LogP contribution in [0.15, 0.2) is 55.1 Å². The molecule has 2 rings (SSSR count). The zero-order valence-electron chi connectivity index (χ0n) is 10.2. The van der Waals surface area contributed by atoms with Crippen molar-refractivity contribution in [3.05, 3.63) is 71.8 Å². The van der Waals surface area contributed by atoms with E-state index >= 15 is 0 Å². The van der Waals surface area contributed by atoms with Crippen molar-refractivity contribution >= 4 is 18.0 Å². The van der Waals surface area contributed by atoms with Crippen LogP contribution in [-0.2, 0) is 6.54 Å². The van der Waals surface area contributed by atoms with Crippen LogP contribution in [0.1, 0.15) is 16.7 Å². The lowest BCUT2D eigenvalue weighted by Gasteiger charge is -2.10. The first kappa shape index (κ1) is 12.1. The van der Waals surface area contributed by atoms with Crippen LogP contribution < -0.4 is 5.32 Å². The fraction of sp³-hybridized carbons (Fsp3) is 0.0625. The van der Waals surface area contributed by atoms with E-state index in [0.717, 1.165) is 23.4 Å². The third-order valence-corrected chi connectivity index (χ3v) is 2.79. The van der Waals surface area contributed by atoms with Gasteiger partial charge in [-0.15, -0.1) is 0 Å². The molecule has 0 unspecified atom stereocenters. The lowest BCUT2D eigenvalue weighted by atomic mass is 10.1. The summed E-state index contributed by atoms with van der Waals surface area (Å²) in [4.78, 5) is 0. The van der Waals surface area contributed by atoms with E-state index in [9.17, 15) is 0 Å². The maximum atomic E-state index is 7.40. The van der Waals surface area contributed by atoms with Crippen molar-refractivity contribution < 1.29 is 0 Å². The van der Waals surface area contributed by atoms with Gasteiger partial charge in [0.1, 0.15) is 0 Å². The van der Waals surface area contributed by atoms with Crippen LogP contribution in [0.3, 0.4) is 0 Å². The van der Waals surface area contributed by atoms with Gasteiger partial charge in [-0.1, -0.05) is 55.1 Å². The summed E-state index contributed by atoms with van der Waals surface area (Å²) in [7, 11) is 0. The van der Waals surface area contributed by atoms with Gasteiger partial charge in [0.25, 0.3) is 0 Å². The predicted octanol–water partition coefficient (Wildman–Crippen LogP) is 3.94. The zero-order chi connectivity index (χ0) is 12.8. The second kappa shape index (κ2) is 5.82. The van der Waals surface area contributed by atoms with Gasteiger partial charge < -0.3 is 10.7 Å². The predicted molar refractivity (Wildman–Crippen MR) is 78.2 cm³/mol. The van der Waals surface area contributed by atoms with Crippen molar-refractivity contribution in [1.82, 2.24) is 0 Å². The molecule has 0 aliphatic carbocycles. The molecule has 0 amide bonds. The topological polar surface area (TPSA) is 35.9 Å². The normalized spacial score (nSPS) is 9.78. The summed E-state index contributed by atoms with van der Waals surface area (Å²) in [6, 6.07) is 16.1. The van der Waals surface area contributed by atoms with E-state index in [-0.39, 0.29) is 0 Å². The molecule has 0 saturated carbocycles. The van der Waals surface area contributed by atoms with Crippen LogP contribution in [0.4, 0.5) is 5.69 Å².